The summed E-state index contributed by atoms with van der Waals surface area (Å²) in [6.45, 7) is 1.57. The van der Waals surface area contributed by atoms with Gasteiger partial charge in [0.2, 0.25) is 5.91 Å². The highest BCUT2D eigenvalue weighted by molar-refractivity contribution is 9.10. The summed E-state index contributed by atoms with van der Waals surface area (Å²) in [7, 11) is 0. The molecule has 35 heavy (non-hydrogen) atoms. The van der Waals surface area contributed by atoms with Gasteiger partial charge in [0, 0.05) is 29.5 Å². The van der Waals surface area contributed by atoms with Crippen molar-refractivity contribution < 1.29 is 4.79 Å². The van der Waals surface area contributed by atoms with Gasteiger partial charge in [0.1, 0.15) is 0 Å². The maximum atomic E-state index is 12.4. The lowest BCUT2D eigenvalue weighted by Gasteiger charge is -2.22. The quantitative estimate of drug-likeness (QED) is 0.251. The van der Waals surface area contributed by atoms with Gasteiger partial charge in [-0.05, 0) is 73.5 Å². The average Bonchev–Trinajstić information content (AvgIpc) is 3.54. The first-order valence-electron chi connectivity index (χ1n) is 11.4. The fourth-order valence-corrected chi connectivity index (χ4v) is 4.40. The van der Waals surface area contributed by atoms with Gasteiger partial charge in [0.25, 0.3) is 0 Å². The van der Waals surface area contributed by atoms with Crippen molar-refractivity contribution in [3.8, 4) is 11.4 Å². The summed E-state index contributed by atoms with van der Waals surface area (Å²) in [5.41, 5.74) is 5.55. The number of carbonyl (C=O) groups is 1. The minimum Gasteiger partial charge on any atom is -0.281 e. The van der Waals surface area contributed by atoms with Gasteiger partial charge in [-0.25, -0.2) is 9.36 Å². The molecule has 0 atom stereocenters. The van der Waals surface area contributed by atoms with Crippen molar-refractivity contribution in [2.24, 2.45) is 0 Å². The van der Waals surface area contributed by atoms with Crippen LogP contribution in [0.1, 0.15) is 18.3 Å². The first-order chi connectivity index (χ1) is 17.1. The lowest BCUT2D eigenvalue weighted by atomic mass is 10.2. The number of halogens is 1. The van der Waals surface area contributed by atoms with Crippen LogP contribution < -0.4 is 4.90 Å². The molecule has 0 bridgehead atoms. The van der Waals surface area contributed by atoms with E-state index in [4.69, 9.17) is 10.2 Å². The van der Waals surface area contributed by atoms with Crippen molar-refractivity contribution in [3.63, 3.8) is 0 Å². The van der Waals surface area contributed by atoms with E-state index in [2.05, 4.69) is 15.9 Å². The van der Waals surface area contributed by atoms with Gasteiger partial charge in [0.05, 0.1) is 28.5 Å². The molecular weight excluding hydrogens is 502 g/mol. The Morgan fingerprint density at radius 3 is 1.91 bits per heavy atom. The average molecular weight is 526 g/mol. The van der Waals surface area contributed by atoms with E-state index in [0.717, 1.165) is 51.5 Å². The van der Waals surface area contributed by atoms with Crippen molar-refractivity contribution in [2.75, 3.05) is 4.90 Å². The Hall–Kier alpha value is -3.97. The first-order valence-corrected chi connectivity index (χ1v) is 12.2. The number of aryl methyl sites for hydroxylation is 2. The molecule has 0 fully saturated rings. The third-order valence-corrected chi connectivity index (χ3v) is 6.17. The van der Waals surface area contributed by atoms with E-state index in [1.165, 1.54) is 0 Å². The number of amides is 1. The Morgan fingerprint density at radius 2 is 1.31 bits per heavy atom. The zero-order chi connectivity index (χ0) is 24.2. The third kappa shape index (κ3) is 5.25. The first kappa shape index (κ1) is 22.8. The molecule has 0 N–H and O–H groups in total. The van der Waals surface area contributed by atoms with Gasteiger partial charge in [0.15, 0.2) is 0 Å². The number of para-hydroxylation sites is 1. The molecule has 0 saturated heterocycles. The molecule has 0 saturated carbocycles. The SMILES string of the molecule is CC(=O)N(c1ccccc1)c1cccc(-n2ccc(CCc3ccn(-c4cccc(Br)c4)n3)n2)c1. The van der Waals surface area contributed by atoms with Crippen molar-refractivity contribution in [1.29, 1.82) is 0 Å². The van der Waals surface area contributed by atoms with Crippen LogP contribution in [0.15, 0.2) is 108 Å². The van der Waals surface area contributed by atoms with Crippen LogP contribution in [0.4, 0.5) is 11.4 Å². The van der Waals surface area contributed by atoms with E-state index >= 15 is 0 Å². The molecule has 0 unspecified atom stereocenters. The predicted molar refractivity (Wildman–Crippen MR) is 141 cm³/mol. The Kier molecular flexibility index (Phi) is 6.59. The number of rotatable bonds is 7. The van der Waals surface area contributed by atoms with E-state index < -0.39 is 0 Å². The van der Waals surface area contributed by atoms with Crippen LogP contribution in [0.3, 0.4) is 0 Å². The summed E-state index contributed by atoms with van der Waals surface area (Å²) in [6, 6.07) is 29.6. The molecule has 5 rings (SSSR count). The van der Waals surface area contributed by atoms with E-state index in [0.29, 0.717) is 0 Å². The highest BCUT2D eigenvalue weighted by Crippen LogP contribution is 2.27. The summed E-state index contributed by atoms with van der Waals surface area (Å²) < 4.78 is 4.76. The largest absolute Gasteiger partial charge is 0.281 e. The molecule has 5 aromatic rings. The van der Waals surface area contributed by atoms with Crippen molar-refractivity contribution in [3.05, 3.63) is 119 Å². The smallest absolute Gasteiger partial charge is 0.228 e. The van der Waals surface area contributed by atoms with Crippen LogP contribution in [0.5, 0.6) is 0 Å². The molecule has 0 aliphatic rings. The number of hydrogen-bond donors (Lipinski definition) is 0. The number of benzene rings is 3. The zero-order valence-electron chi connectivity index (χ0n) is 19.3. The lowest BCUT2D eigenvalue weighted by Crippen LogP contribution is -2.22. The van der Waals surface area contributed by atoms with Crippen LogP contribution in [0.2, 0.25) is 0 Å². The number of hydrogen-bond acceptors (Lipinski definition) is 3. The van der Waals surface area contributed by atoms with Gasteiger partial charge in [-0.2, -0.15) is 10.2 Å². The normalized spacial score (nSPS) is 10.9. The van der Waals surface area contributed by atoms with Gasteiger partial charge < -0.3 is 0 Å². The maximum Gasteiger partial charge on any atom is 0.228 e. The Morgan fingerprint density at radius 1 is 0.743 bits per heavy atom. The molecule has 0 spiro atoms. The number of aromatic nitrogens is 4. The van der Waals surface area contributed by atoms with Crippen LogP contribution in [0, 0.1) is 0 Å². The summed E-state index contributed by atoms with van der Waals surface area (Å²) in [5.74, 6) is -0.0446. The van der Waals surface area contributed by atoms with Gasteiger partial charge in [-0.3, -0.25) is 9.69 Å². The van der Waals surface area contributed by atoms with Crippen LogP contribution in [0.25, 0.3) is 11.4 Å². The number of carbonyl (C=O) groups excluding carboxylic acids is 1. The molecule has 7 heteroatoms. The molecule has 2 heterocycles. The monoisotopic (exact) mass is 525 g/mol. The summed E-state index contributed by atoms with van der Waals surface area (Å²) in [6.07, 6.45) is 5.51. The van der Waals surface area contributed by atoms with Gasteiger partial charge in [-0.15, -0.1) is 0 Å². The standard InChI is InChI=1S/C28H24BrN5O/c1-21(35)34(25-8-3-2-4-9-25)28-12-6-11-27(20-28)33-18-16-24(31-33)14-13-23-15-17-32(30-23)26-10-5-7-22(29)19-26/h2-12,15-20H,13-14H2,1H3. The molecule has 1 amide bonds. The third-order valence-electron chi connectivity index (χ3n) is 5.68. The minimum absolute atomic E-state index is 0.0446. The lowest BCUT2D eigenvalue weighted by molar-refractivity contribution is -0.115. The minimum atomic E-state index is -0.0446. The Labute approximate surface area is 212 Å². The highest BCUT2D eigenvalue weighted by Gasteiger charge is 2.15. The molecule has 3 aromatic carbocycles. The fraction of sp³-hybridized carbons (Fsp3) is 0.107. The summed E-state index contributed by atoms with van der Waals surface area (Å²) >= 11 is 3.51. The molecule has 0 aliphatic heterocycles. The number of nitrogens with zero attached hydrogens (tertiary/aromatic N) is 5. The highest BCUT2D eigenvalue weighted by atomic mass is 79.9. The van der Waals surface area contributed by atoms with E-state index in [9.17, 15) is 4.79 Å². The van der Waals surface area contributed by atoms with Gasteiger partial charge in [-0.1, -0.05) is 46.3 Å². The maximum absolute atomic E-state index is 12.4. The van der Waals surface area contributed by atoms with Crippen molar-refractivity contribution >= 4 is 33.2 Å². The van der Waals surface area contributed by atoms with Crippen molar-refractivity contribution in [2.45, 2.75) is 19.8 Å². The topological polar surface area (TPSA) is 56.0 Å². The van der Waals surface area contributed by atoms with Crippen LogP contribution in [-0.2, 0) is 17.6 Å². The van der Waals surface area contributed by atoms with E-state index in [1.54, 1.807) is 11.8 Å². The zero-order valence-corrected chi connectivity index (χ0v) is 20.8. The summed E-state index contributed by atoms with van der Waals surface area (Å²) in [4.78, 5) is 14.1. The second-order valence-electron chi connectivity index (χ2n) is 8.19. The van der Waals surface area contributed by atoms with E-state index in [1.807, 2.05) is 113 Å². The van der Waals surface area contributed by atoms with Gasteiger partial charge >= 0.3 is 0 Å². The fourth-order valence-electron chi connectivity index (χ4n) is 4.02. The Balaban J connectivity index is 1.30. The molecular formula is C28H24BrN5O. The van der Waals surface area contributed by atoms with Crippen molar-refractivity contribution in [1.82, 2.24) is 19.6 Å². The number of anilines is 2. The predicted octanol–water partition coefficient (Wildman–Crippen LogP) is 6.29. The second kappa shape index (κ2) is 10.1. The molecule has 0 radical (unpaired) electrons. The second-order valence-corrected chi connectivity index (χ2v) is 9.11. The van der Waals surface area contributed by atoms with Crippen LogP contribution in [-0.4, -0.2) is 25.5 Å². The van der Waals surface area contributed by atoms with Crippen LogP contribution >= 0.6 is 15.9 Å². The molecule has 174 valence electrons. The summed E-state index contributed by atoms with van der Waals surface area (Å²) in [5, 5.41) is 9.46. The molecule has 6 nitrogen and oxygen atoms in total. The molecule has 2 aromatic heterocycles. The van der Waals surface area contributed by atoms with E-state index in [-0.39, 0.29) is 5.91 Å². The molecule has 0 aliphatic carbocycles. The Bertz CT molecular complexity index is 1460.